The smallest absolute Gasteiger partial charge is 0.267 e. The third-order valence-corrected chi connectivity index (χ3v) is 5.52. The molecule has 2 heterocycles. The van der Waals surface area contributed by atoms with Gasteiger partial charge in [0.25, 0.3) is 5.91 Å². The Morgan fingerprint density at radius 1 is 1.15 bits per heavy atom. The minimum atomic E-state index is -0.191. The predicted octanol–water partition coefficient (Wildman–Crippen LogP) is 4.33. The zero-order valence-electron chi connectivity index (χ0n) is 14.6. The van der Waals surface area contributed by atoms with E-state index >= 15 is 0 Å². The molecule has 1 amide bonds. The number of phenolic OH excluding ortho intramolecular Hbond substituents is 1. The van der Waals surface area contributed by atoms with Crippen LogP contribution in [-0.2, 0) is 0 Å². The van der Waals surface area contributed by atoms with E-state index in [1.807, 2.05) is 35.6 Å². The van der Waals surface area contributed by atoms with Gasteiger partial charge in [0, 0.05) is 28.1 Å². The van der Waals surface area contributed by atoms with Gasteiger partial charge in [-0.05, 0) is 19.1 Å². The maximum Gasteiger partial charge on any atom is 0.267 e. The number of aryl methyl sites for hydroxylation is 1. The van der Waals surface area contributed by atoms with E-state index in [-0.39, 0.29) is 17.6 Å². The lowest BCUT2D eigenvalue weighted by Gasteiger charge is -2.09. The zero-order valence-corrected chi connectivity index (χ0v) is 15.5. The Labute approximate surface area is 154 Å². The van der Waals surface area contributed by atoms with Gasteiger partial charge in [-0.1, -0.05) is 49.4 Å². The first-order chi connectivity index (χ1) is 12.5. The molecule has 0 radical (unpaired) electrons. The van der Waals surface area contributed by atoms with E-state index in [2.05, 4.69) is 29.4 Å². The number of nitrogens with one attached hydrogen (secondary N) is 1. The second kappa shape index (κ2) is 6.10. The van der Waals surface area contributed by atoms with Crippen LogP contribution in [0.4, 0.5) is 5.69 Å². The van der Waals surface area contributed by atoms with E-state index in [0.717, 1.165) is 16.9 Å². The van der Waals surface area contributed by atoms with Crippen LogP contribution in [0.15, 0.2) is 36.4 Å². The summed E-state index contributed by atoms with van der Waals surface area (Å²) >= 11 is 1.33. The van der Waals surface area contributed by atoms with Crippen LogP contribution in [0, 0.1) is 6.92 Å². The fourth-order valence-corrected chi connectivity index (χ4v) is 4.06. The van der Waals surface area contributed by atoms with Crippen LogP contribution in [0.3, 0.4) is 0 Å². The van der Waals surface area contributed by atoms with E-state index < -0.39 is 0 Å². The molecule has 2 N–H and O–H groups in total. The van der Waals surface area contributed by atoms with Crippen molar-refractivity contribution in [2.45, 2.75) is 26.7 Å². The number of aromatic nitrogens is 3. The van der Waals surface area contributed by atoms with Gasteiger partial charge in [-0.3, -0.25) is 9.20 Å². The fourth-order valence-electron chi connectivity index (χ4n) is 3.10. The van der Waals surface area contributed by atoms with Gasteiger partial charge in [-0.15, -0.1) is 10.2 Å². The Morgan fingerprint density at radius 2 is 1.88 bits per heavy atom. The molecule has 26 heavy (non-hydrogen) atoms. The first-order valence-corrected chi connectivity index (χ1v) is 9.15. The summed E-state index contributed by atoms with van der Waals surface area (Å²) in [6.45, 7) is 6.01. The van der Waals surface area contributed by atoms with Crippen molar-refractivity contribution in [3.05, 3.63) is 52.8 Å². The Hall–Kier alpha value is -2.93. The largest absolute Gasteiger partial charge is 0.507 e. The number of phenols is 1. The summed E-state index contributed by atoms with van der Waals surface area (Å²) in [5.41, 5.74) is 1.50. The number of carbonyl (C=O) groups is 1. The molecule has 4 rings (SSSR count). The molecule has 0 spiro atoms. The summed E-state index contributed by atoms with van der Waals surface area (Å²) in [7, 11) is 0. The fraction of sp³-hybridized carbons (Fsp3) is 0.211. The number of carbonyl (C=O) groups excluding carboxylic acids is 1. The van der Waals surface area contributed by atoms with Gasteiger partial charge in [-0.25, -0.2) is 0 Å². The third kappa shape index (κ3) is 2.52. The molecule has 0 fully saturated rings. The minimum Gasteiger partial charge on any atom is -0.507 e. The summed E-state index contributed by atoms with van der Waals surface area (Å²) in [6, 6.07) is 10.7. The molecule has 0 saturated heterocycles. The quantitative estimate of drug-likeness (QED) is 0.565. The van der Waals surface area contributed by atoms with Gasteiger partial charge in [0.05, 0.1) is 0 Å². The van der Waals surface area contributed by atoms with E-state index in [1.165, 1.54) is 11.3 Å². The number of aromatic hydroxyl groups is 1. The number of anilines is 1. The topological polar surface area (TPSA) is 79.5 Å². The van der Waals surface area contributed by atoms with Gasteiger partial charge >= 0.3 is 0 Å². The SMILES string of the molecule is Cc1c(C(=O)Nc2cccc3c(O)cccc23)sc2nnc(C(C)C)n12. The maximum absolute atomic E-state index is 12.9. The lowest BCUT2D eigenvalue weighted by molar-refractivity contribution is 0.103. The molecule has 6 nitrogen and oxygen atoms in total. The highest BCUT2D eigenvalue weighted by Gasteiger charge is 2.21. The van der Waals surface area contributed by atoms with E-state index in [4.69, 9.17) is 0 Å². The van der Waals surface area contributed by atoms with Crippen molar-refractivity contribution in [3.8, 4) is 5.75 Å². The molecule has 0 unspecified atom stereocenters. The lowest BCUT2D eigenvalue weighted by atomic mass is 10.1. The summed E-state index contributed by atoms with van der Waals surface area (Å²) in [6.07, 6.45) is 0. The van der Waals surface area contributed by atoms with Crippen LogP contribution >= 0.6 is 11.3 Å². The van der Waals surface area contributed by atoms with Crippen LogP contribution < -0.4 is 5.32 Å². The summed E-state index contributed by atoms with van der Waals surface area (Å²) < 4.78 is 1.94. The molecule has 4 aromatic rings. The molecule has 0 aliphatic rings. The average Bonchev–Trinajstić information content (AvgIpc) is 3.16. The Kier molecular flexibility index (Phi) is 3.88. The number of hydrogen-bond acceptors (Lipinski definition) is 5. The van der Waals surface area contributed by atoms with Crippen LogP contribution in [0.25, 0.3) is 15.7 Å². The predicted molar refractivity (Wildman–Crippen MR) is 103 cm³/mol. The van der Waals surface area contributed by atoms with Crippen molar-refractivity contribution in [3.63, 3.8) is 0 Å². The molecular formula is C19H18N4O2S. The molecule has 0 atom stereocenters. The highest BCUT2D eigenvalue weighted by Crippen LogP contribution is 2.31. The summed E-state index contributed by atoms with van der Waals surface area (Å²) in [5.74, 6) is 1.07. The number of nitrogens with zero attached hydrogens (tertiary/aromatic N) is 3. The molecule has 0 aliphatic heterocycles. The molecule has 132 valence electrons. The van der Waals surface area contributed by atoms with Crippen molar-refractivity contribution in [2.75, 3.05) is 5.32 Å². The molecule has 0 saturated carbocycles. The highest BCUT2D eigenvalue weighted by molar-refractivity contribution is 7.19. The number of benzene rings is 2. The first-order valence-electron chi connectivity index (χ1n) is 8.34. The number of amides is 1. The second-order valence-corrected chi connectivity index (χ2v) is 7.46. The number of thiazole rings is 1. The van der Waals surface area contributed by atoms with Gasteiger partial charge in [-0.2, -0.15) is 0 Å². The van der Waals surface area contributed by atoms with Crippen molar-refractivity contribution >= 4 is 38.7 Å². The van der Waals surface area contributed by atoms with Gasteiger partial charge in [0.1, 0.15) is 16.5 Å². The Morgan fingerprint density at radius 3 is 2.65 bits per heavy atom. The van der Waals surface area contributed by atoms with Crippen molar-refractivity contribution in [1.82, 2.24) is 14.6 Å². The van der Waals surface area contributed by atoms with Gasteiger partial charge in [0.2, 0.25) is 4.96 Å². The molecule has 0 bridgehead atoms. The van der Waals surface area contributed by atoms with Gasteiger partial charge < -0.3 is 10.4 Å². The normalized spacial score (nSPS) is 11.5. The second-order valence-electron chi connectivity index (χ2n) is 6.48. The molecule has 2 aromatic heterocycles. The number of rotatable bonds is 3. The number of hydrogen-bond donors (Lipinski definition) is 2. The molecule has 7 heteroatoms. The van der Waals surface area contributed by atoms with Crippen molar-refractivity contribution < 1.29 is 9.90 Å². The Balaban J connectivity index is 1.75. The van der Waals surface area contributed by atoms with E-state index in [9.17, 15) is 9.90 Å². The Bertz CT molecular complexity index is 1140. The summed E-state index contributed by atoms with van der Waals surface area (Å²) in [4.78, 5) is 14.2. The maximum atomic E-state index is 12.9. The lowest BCUT2D eigenvalue weighted by Crippen LogP contribution is -2.12. The standard InChI is InChI=1S/C19H18N4O2S/c1-10(2)17-21-22-19-23(17)11(3)16(26-19)18(25)20-14-8-4-7-13-12(14)6-5-9-15(13)24/h4-10,24H,1-3H3,(H,20,25). The van der Waals surface area contributed by atoms with Crippen molar-refractivity contribution in [2.24, 2.45) is 0 Å². The summed E-state index contributed by atoms with van der Waals surface area (Å²) in [5, 5.41) is 22.9. The zero-order chi connectivity index (χ0) is 18.4. The monoisotopic (exact) mass is 366 g/mol. The third-order valence-electron chi connectivity index (χ3n) is 4.39. The molecule has 2 aromatic carbocycles. The van der Waals surface area contributed by atoms with Crippen LogP contribution in [-0.4, -0.2) is 25.6 Å². The van der Waals surface area contributed by atoms with E-state index in [1.54, 1.807) is 12.1 Å². The van der Waals surface area contributed by atoms with Crippen LogP contribution in [0.5, 0.6) is 5.75 Å². The van der Waals surface area contributed by atoms with Crippen LogP contribution in [0.2, 0.25) is 0 Å². The minimum absolute atomic E-state index is 0.191. The van der Waals surface area contributed by atoms with Crippen LogP contribution in [0.1, 0.15) is 41.0 Å². The molecular weight excluding hydrogens is 348 g/mol. The average molecular weight is 366 g/mol. The number of fused-ring (bicyclic) bond motifs is 2. The molecule has 0 aliphatic carbocycles. The van der Waals surface area contributed by atoms with Crippen molar-refractivity contribution in [1.29, 1.82) is 0 Å². The highest BCUT2D eigenvalue weighted by atomic mass is 32.1. The van der Waals surface area contributed by atoms with Gasteiger partial charge in [0.15, 0.2) is 0 Å². The first kappa shape index (κ1) is 16.5. The van der Waals surface area contributed by atoms with E-state index in [0.29, 0.717) is 20.9 Å².